The highest BCUT2D eigenvalue weighted by molar-refractivity contribution is 5.80. The van der Waals surface area contributed by atoms with Gasteiger partial charge < -0.3 is 5.32 Å². The Kier molecular flexibility index (Phi) is 6.14. The van der Waals surface area contributed by atoms with Crippen LogP contribution in [0.1, 0.15) is 96.6 Å². The first-order valence-electron chi connectivity index (χ1n) is 13.5. The average molecular weight is 440 g/mol. The van der Waals surface area contributed by atoms with Crippen molar-refractivity contribution in [2.24, 2.45) is 46.8 Å². The number of nitrogens with one attached hydrogen (secondary N) is 1. The molecule has 1 N–H and O–H groups in total. The molecular formula is C29H42FNO. The summed E-state index contributed by atoms with van der Waals surface area (Å²) in [5, 5.41) is 3.36. The van der Waals surface area contributed by atoms with Crippen LogP contribution in [0.5, 0.6) is 0 Å². The van der Waals surface area contributed by atoms with Crippen LogP contribution in [0.2, 0.25) is 0 Å². The van der Waals surface area contributed by atoms with Gasteiger partial charge in [0.2, 0.25) is 5.91 Å². The molecule has 0 radical (unpaired) electrons. The molecule has 4 saturated carbocycles. The lowest BCUT2D eigenvalue weighted by molar-refractivity contribution is -0.133. The number of hydrogen-bond donors (Lipinski definition) is 1. The van der Waals surface area contributed by atoms with E-state index in [0.29, 0.717) is 0 Å². The van der Waals surface area contributed by atoms with Gasteiger partial charge in [-0.3, -0.25) is 4.79 Å². The fourth-order valence-electron chi connectivity index (χ4n) is 8.91. The smallest absolute Gasteiger partial charge is 0.224 e. The molecule has 4 fully saturated rings. The molecule has 0 heterocycles. The maximum absolute atomic E-state index is 13.6. The van der Waals surface area contributed by atoms with Crippen LogP contribution in [0, 0.1) is 52.7 Å². The zero-order valence-electron chi connectivity index (χ0n) is 20.3. The van der Waals surface area contributed by atoms with E-state index in [0.717, 1.165) is 53.9 Å². The monoisotopic (exact) mass is 439 g/mol. The molecule has 0 spiro atoms. The lowest BCUT2D eigenvalue weighted by atomic mass is 9.49. The first kappa shape index (κ1) is 22.4. The number of amides is 1. The van der Waals surface area contributed by atoms with Crippen molar-refractivity contribution in [2.75, 3.05) is 0 Å². The van der Waals surface area contributed by atoms with Gasteiger partial charge in [-0.2, -0.15) is 0 Å². The largest absolute Gasteiger partial charge is 0.349 e. The lowest BCUT2D eigenvalue weighted by Crippen LogP contribution is -2.50. The van der Waals surface area contributed by atoms with Gasteiger partial charge >= 0.3 is 0 Å². The highest BCUT2D eigenvalue weighted by Gasteiger charge is 2.58. The second kappa shape index (κ2) is 8.76. The van der Waals surface area contributed by atoms with Gasteiger partial charge in [0.1, 0.15) is 5.82 Å². The second-order valence-corrected chi connectivity index (χ2v) is 12.0. The van der Waals surface area contributed by atoms with Crippen molar-refractivity contribution in [3.05, 3.63) is 35.6 Å². The molecule has 9 atom stereocenters. The molecule has 2 nitrogen and oxygen atoms in total. The highest BCUT2D eigenvalue weighted by atomic mass is 19.1. The summed E-state index contributed by atoms with van der Waals surface area (Å²) in [5.74, 6) is 5.51. The van der Waals surface area contributed by atoms with Crippen molar-refractivity contribution in [1.29, 1.82) is 0 Å². The normalized spacial score (nSPS) is 41.8. The van der Waals surface area contributed by atoms with E-state index in [9.17, 15) is 9.18 Å². The van der Waals surface area contributed by atoms with Crippen LogP contribution in [0.4, 0.5) is 4.39 Å². The van der Waals surface area contributed by atoms with Crippen molar-refractivity contribution in [3.63, 3.8) is 0 Å². The molecule has 1 aromatic rings. The predicted octanol–water partition coefficient (Wildman–Crippen LogP) is 7.30. The van der Waals surface area contributed by atoms with Crippen LogP contribution < -0.4 is 5.32 Å². The van der Waals surface area contributed by atoms with E-state index in [4.69, 9.17) is 0 Å². The fourth-order valence-corrected chi connectivity index (χ4v) is 8.91. The van der Waals surface area contributed by atoms with Crippen LogP contribution in [-0.4, -0.2) is 5.91 Å². The maximum Gasteiger partial charge on any atom is 0.224 e. The summed E-state index contributed by atoms with van der Waals surface area (Å²) in [6.07, 6.45) is 12.9. The Morgan fingerprint density at radius 2 is 1.78 bits per heavy atom. The van der Waals surface area contributed by atoms with Gasteiger partial charge in [0.05, 0.1) is 6.04 Å². The molecule has 3 heteroatoms. The summed E-state index contributed by atoms with van der Waals surface area (Å²) in [6, 6.07) is 6.61. The van der Waals surface area contributed by atoms with Gasteiger partial charge in [-0.05, 0) is 116 Å². The zero-order valence-corrected chi connectivity index (χ0v) is 20.3. The standard InChI is InChI=1S/C29H42FNO/c1-4-27(19-6-9-21(30)10-7-19)31-28(32)26-14-13-25-24-12-8-20-17-18(2)5-11-22(20)23(24)15-16-29(25,26)3/h6-7,9-10,18,20,22-27H,4-5,8,11-17H2,1-3H3,(H,31,32). The van der Waals surface area contributed by atoms with E-state index in [1.54, 1.807) is 0 Å². The van der Waals surface area contributed by atoms with Crippen LogP contribution in [0.15, 0.2) is 24.3 Å². The quantitative estimate of drug-likeness (QED) is 0.524. The highest BCUT2D eigenvalue weighted by Crippen LogP contribution is 2.64. The number of halogens is 1. The minimum absolute atomic E-state index is 0.0262. The van der Waals surface area contributed by atoms with Gasteiger partial charge in [0.25, 0.3) is 0 Å². The summed E-state index contributed by atoms with van der Waals surface area (Å²) in [7, 11) is 0. The van der Waals surface area contributed by atoms with Gasteiger partial charge in [0.15, 0.2) is 0 Å². The third-order valence-electron chi connectivity index (χ3n) is 10.5. The number of hydrogen-bond acceptors (Lipinski definition) is 1. The van der Waals surface area contributed by atoms with Crippen LogP contribution in [0.25, 0.3) is 0 Å². The van der Waals surface area contributed by atoms with Crippen molar-refractivity contribution >= 4 is 5.91 Å². The van der Waals surface area contributed by atoms with Gasteiger partial charge in [-0.1, -0.05) is 39.3 Å². The molecule has 4 aliphatic carbocycles. The molecule has 1 aromatic carbocycles. The van der Waals surface area contributed by atoms with Crippen molar-refractivity contribution in [3.8, 4) is 0 Å². The molecule has 9 unspecified atom stereocenters. The first-order chi connectivity index (χ1) is 15.4. The summed E-state index contributed by atoms with van der Waals surface area (Å²) in [4.78, 5) is 13.6. The lowest BCUT2D eigenvalue weighted by Gasteiger charge is -2.56. The fraction of sp³-hybridized carbons (Fsp3) is 0.759. The summed E-state index contributed by atoms with van der Waals surface area (Å²) in [6.45, 7) is 7.00. The van der Waals surface area contributed by atoms with E-state index in [1.807, 2.05) is 12.1 Å². The Balaban J connectivity index is 1.29. The zero-order chi connectivity index (χ0) is 22.5. The molecule has 32 heavy (non-hydrogen) atoms. The number of fused-ring (bicyclic) bond motifs is 5. The Labute approximate surface area is 194 Å². The van der Waals surface area contributed by atoms with Crippen molar-refractivity contribution in [1.82, 2.24) is 5.32 Å². The van der Waals surface area contributed by atoms with Crippen molar-refractivity contribution < 1.29 is 9.18 Å². The molecule has 0 aliphatic heterocycles. The van der Waals surface area contributed by atoms with Crippen LogP contribution in [0.3, 0.4) is 0 Å². The van der Waals surface area contributed by atoms with Gasteiger partial charge in [-0.15, -0.1) is 0 Å². The number of rotatable bonds is 4. The van der Waals surface area contributed by atoms with Crippen molar-refractivity contribution in [2.45, 2.75) is 91.0 Å². The molecular weight excluding hydrogens is 397 g/mol. The van der Waals surface area contributed by atoms with E-state index in [-0.39, 0.29) is 29.1 Å². The average Bonchev–Trinajstić information content (AvgIpc) is 3.15. The Morgan fingerprint density at radius 3 is 2.53 bits per heavy atom. The third kappa shape index (κ3) is 3.82. The van der Waals surface area contributed by atoms with E-state index >= 15 is 0 Å². The van der Waals surface area contributed by atoms with Crippen LogP contribution >= 0.6 is 0 Å². The molecule has 176 valence electrons. The summed E-state index contributed by atoms with van der Waals surface area (Å²) >= 11 is 0. The minimum Gasteiger partial charge on any atom is -0.349 e. The minimum atomic E-state index is -0.222. The summed E-state index contributed by atoms with van der Waals surface area (Å²) < 4.78 is 13.4. The number of benzene rings is 1. The summed E-state index contributed by atoms with van der Waals surface area (Å²) in [5.41, 5.74) is 1.16. The molecule has 0 aromatic heterocycles. The molecule has 1 amide bonds. The Morgan fingerprint density at radius 1 is 1.03 bits per heavy atom. The third-order valence-corrected chi connectivity index (χ3v) is 10.5. The van der Waals surface area contributed by atoms with E-state index in [1.165, 1.54) is 63.5 Å². The van der Waals surface area contributed by atoms with E-state index in [2.05, 4.69) is 26.1 Å². The number of carbonyl (C=O) groups is 1. The van der Waals surface area contributed by atoms with E-state index < -0.39 is 0 Å². The second-order valence-electron chi connectivity index (χ2n) is 12.0. The maximum atomic E-state index is 13.6. The van der Waals surface area contributed by atoms with Crippen LogP contribution in [-0.2, 0) is 4.79 Å². The predicted molar refractivity (Wildman–Crippen MR) is 127 cm³/mol. The van der Waals surface area contributed by atoms with Gasteiger partial charge in [-0.25, -0.2) is 4.39 Å². The Hall–Kier alpha value is -1.38. The first-order valence-corrected chi connectivity index (χ1v) is 13.5. The Bertz CT molecular complexity index is 821. The topological polar surface area (TPSA) is 29.1 Å². The number of carbonyl (C=O) groups excluding carboxylic acids is 1. The van der Waals surface area contributed by atoms with Gasteiger partial charge in [0, 0.05) is 5.92 Å². The molecule has 0 bridgehead atoms. The SMILES string of the molecule is CCC(NC(=O)C1CCC2C3CCC4CC(C)CCC4C3CCC12C)c1ccc(F)cc1. The molecule has 4 aliphatic rings. The molecule has 0 saturated heterocycles. The molecule has 5 rings (SSSR count).